The molecule has 2 heterocycles. The van der Waals surface area contributed by atoms with Gasteiger partial charge in [-0.3, -0.25) is 14.9 Å². The van der Waals surface area contributed by atoms with Gasteiger partial charge >= 0.3 is 6.03 Å². The summed E-state index contributed by atoms with van der Waals surface area (Å²) in [7, 11) is 0. The standard InChI is InChI=1S/C11H11BrN4O3/c12-6-4-8(14-5-6)9(17)13-3-1-2-7-10(18)16-11(19)15-7/h2,4-5,14H,1,3H2,(H,13,17)(H2,15,16,18,19)/b7-2-. The zero-order valence-electron chi connectivity index (χ0n) is 9.75. The van der Waals surface area contributed by atoms with Gasteiger partial charge in [-0.1, -0.05) is 6.08 Å². The fourth-order valence-corrected chi connectivity index (χ4v) is 1.86. The minimum Gasteiger partial charge on any atom is -0.356 e. The number of carbonyl (C=O) groups excluding carboxylic acids is 3. The maximum Gasteiger partial charge on any atom is 0.326 e. The van der Waals surface area contributed by atoms with Gasteiger partial charge in [0.05, 0.1) is 0 Å². The molecule has 0 unspecified atom stereocenters. The second-order valence-electron chi connectivity index (χ2n) is 3.80. The minimum atomic E-state index is -0.531. The van der Waals surface area contributed by atoms with Crippen LogP contribution in [0.25, 0.3) is 0 Å². The van der Waals surface area contributed by atoms with Crippen molar-refractivity contribution in [2.75, 3.05) is 6.54 Å². The first-order chi connectivity index (χ1) is 9.06. The van der Waals surface area contributed by atoms with Gasteiger partial charge in [0.2, 0.25) is 0 Å². The SMILES string of the molecule is O=C1NC(=O)/C(=C/CCNC(=O)c2cc(Br)c[nH]2)N1. The van der Waals surface area contributed by atoms with Gasteiger partial charge in [0.1, 0.15) is 11.4 Å². The summed E-state index contributed by atoms with van der Waals surface area (Å²) in [6.07, 6.45) is 3.66. The number of imide groups is 1. The number of amides is 4. The number of urea groups is 1. The number of hydrogen-bond donors (Lipinski definition) is 4. The van der Waals surface area contributed by atoms with Crippen LogP contribution in [-0.2, 0) is 4.79 Å². The van der Waals surface area contributed by atoms with E-state index >= 15 is 0 Å². The first-order valence-corrected chi connectivity index (χ1v) is 6.30. The van der Waals surface area contributed by atoms with Crippen molar-refractivity contribution in [1.82, 2.24) is 20.9 Å². The molecule has 0 spiro atoms. The molecule has 7 nitrogen and oxygen atoms in total. The van der Waals surface area contributed by atoms with Crippen molar-refractivity contribution in [3.8, 4) is 0 Å². The molecule has 4 amide bonds. The van der Waals surface area contributed by atoms with Crippen LogP contribution in [0.3, 0.4) is 0 Å². The molecule has 0 aliphatic carbocycles. The van der Waals surface area contributed by atoms with E-state index in [9.17, 15) is 14.4 Å². The third-order valence-electron chi connectivity index (χ3n) is 2.39. The highest BCUT2D eigenvalue weighted by atomic mass is 79.9. The van der Waals surface area contributed by atoms with Gasteiger partial charge in [0.25, 0.3) is 11.8 Å². The number of H-pyrrole nitrogens is 1. The molecule has 1 aromatic heterocycles. The van der Waals surface area contributed by atoms with Crippen molar-refractivity contribution in [3.05, 3.63) is 34.2 Å². The largest absolute Gasteiger partial charge is 0.356 e. The quantitative estimate of drug-likeness (QED) is 0.370. The van der Waals surface area contributed by atoms with Gasteiger partial charge in [0.15, 0.2) is 0 Å². The Bertz CT molecular complexity index is 564. The second-order valence-corrected chi connectivity index (χ2v) is 4.72. The summed E-state index contributed by atoms with van der Waals surface area (Å²) in [5.41, 5.74) is 0.660. The van der Waals surface area contributed by atoms with Crippen LogP contribution in [0.1, 0.15) is 16.9 Å². The molecular weight excluding hydrogens is 316 g/mol. The van der Waals surface area contributed by atoms with Crippen LogP contribution in [0, 0.1) is 0 Å². The van der Waals surface area contributed by atoms with Gasteiger partial charge in [0, 0.05) is 17.2 Å². The number of nitrogens with one attached hydrogen (secondary N) is 4. The molecule has 0 radical (unpaired) electrons. The van der Waals surface area contributed by atoms with Crippen molar-refractivity contribution in [2.24, 2.45) is 0 Å². The first-order valence-electron chi connectivity index (χ1n) is 5.51. The summed E-state index contributed by atoms with van der Waals surface area (Å²) >= 11 is 3.23. The minimum absolute atomic E-state index is 0.210. The Balaban J connectivity index is 1.78. The number of rotatable bonds is 4. The summed E-state index contributed by atoms with van der Waals surface area (Å²) in [5.74, 6) is -0.686. The van der Waals surface area contributed by atoms with Crippen molar-refractivity contribution in [3.63, 3.8) is 0 Å². The van der Waals surface area contributed by atoms with Crippen LogP contribution in [0.2, 0.25) is 0 Å². The summed E-state index contributed by atoms with van der Waals surface area (Å²) < 4.78 is 0.796. The van der Waals surface area contributed by atoms with E-state index in [0.29, 0.717) is 18.7 Å². The van der Waals surface area contributed by atoms with Crippen molar-refractivity contribution in [2.45, 2.75) is 6.42 Å². The zero-order chi connectivity index (χ0) is 13.8. The number of carbonyl (C=O) groups is 3. The van der Waals surface area contributed by atoms with E-state index in [2.05, 4.69) is 36.9 Å². The van der Waals surface area contributed by atoms with E-state index in [1.165, 1.54) is 0 Å². The van der Waals surface area contributed by atoms with Crippen LogP contribution >= 0.6 is 15.9 Å². The number of aromatic nitrogens is 1. The molecule has 1 aromatic rings. The van der Waals surface area contributed by atoms with E-state index < -0.39 is 11.9 Å². The van der Waals surface area contributed by atoms with Gasteiger partial charge in [-0.15, -0.1) is 0 Å². The molecule has 100 valence electrons. The molecule has 0 atom stereocenters. The van der Waals surface area contributed by atoms with Crippen LogP contribution in [-0.4, -0.2) is 29.4 Å². The summed E-state index contributed by atoms with van der Waals surface area (Å²) in [6, 6.07) is 1.13. The maximum atomic E-state index is 11.6. The van der Waals surface area contributed by atoms with E-state index in [-0.39, 0.29) is 11.6 Å². The molecule has 1 saturated heterocycles. The lowest BCUT2D eigenvalue weighted by molar-refractivity contribution is -0.115. The Kier molecular flexibility index (Phi) is 4.00. The highest BCUT2D eigenvalue weighted by molar-refractivity contribution is 9.10. The Hall–Kier alpha value is -2.09. The topological polar surface area (TPSA) is 103 Å². The molecular formula is C11H11BrN4O3. The number of halogens is 1. The van der Waals surface area contributed by atoms with E-state index in [1.807, 2.05) is 0 Å². The molecule has 1 aliphatic heterocycles. The number of aromatic amines is 1. The van der Waals surface area contributed by atoms with Gasteiger partial charge in [-0.25, -0.2) is 4.79 Å². The Labute approximate surface area is 117 Å². The molecule has 0 bridgehead atoms. The molecule has 1 fully saturated rings. The molecule has 0 aromatic carbocycles. The predicted octanol–water partition coefficient (Wildman–Crippen LogP) is 0.620. The third kappa shape index (κ3) is 3.44. The molecule has 2 rings (SSSR count). The lowest BCUT2D eigenvalue weighted by atomic mass is 10.3. The normalized spacial score (nSPS) is 16.4. The van der Waals surface area contributed by atoms with Crippen LogP contribution in [0.4, 0.5) is 4.79 Å². The van der Waals surface area contributed by atoms with Crippen LogP contribution in [0.15, 0.2) is 28.5 Å². The lowest BCUT2D eigenvalue weighted by Crippen LogP contribution is -2.24. The average Bonchev–Trinajstić information content (AvgIpc) is 2.91. The fraction of sp³-hybridized carbons (Fsp3) is 0.182. The highest BCUT2D eigenvalue weighted by Crippen LogP contribution is 2.10. The fourth-order valence-electron chi connectivity index (χ4n) is 1.52. The second kappa shape index (κ2) is 5.70. The third-order valence-corrected chi connectivity index (χ3v) is 2.85. The van der Waals surface area contributed by atoms with Gasteiger partial charge in [-0.2, -0.15) is 0 Å². The summed E-state index contributed by atoms with van der Waals surface area (Å²) in [4.78, 5) is 36.4. The number of hydrogen-bond acceptors (Lipinski definition) is 3. The summed E-state index contributed by atoms with van der Waals surface area (Å²) in [6.45, 7) is 0.363. The molecule has 1 aliphatic rings. The van der Waals surface area contributed by atoms with Crippen molar-refractivity contribution in [1.29, 1.82) is 0 Å². The maximum absolute atomic E-state index is 11.6. The monoisotopic (exact) mass is 326 g/mol. The van der Waals surface area contributed by atoms with E-state index in [0.717, 1.165) is 4.47 Å². The smallest absolute Gasteiger partial charge is 0.326 e. The van der Waals surface area contributed by atoms with Gasteiger partial charge in [-0.05, 0) is 28.4 Å². The molecule has 19 heavy (non-hydrogen) atoms. The van der Waals surface area contributed by atoms with Gasteiger partial charge < -0.3 is 15.6 Å². The Morgan fingerprint density at radius 1 is 1.37 bits per heavy atom. The Morgan fingerprint density at radius 3 is 2.74 bits per heavy atom. The molecule has 8 heteroatoms. The van der Waals surface area contributed by atoms with E-state index in [4.69, 9.17) is 0 Å². The Morgan fingerprint density at radius 2 is 2.16 bits per heavy atom. The van der Waals surface area contributed by atoms with Crippen molar-refractivity contribution < 1.29 is 14.4 Å². The highest BCUT2D eigenvalue weighted by Gasteiger charge is 2.22. The molecule has 4 N–H and O–H groups in total. The lowest BCUT2D eigenvalue weighted by Gasteiger charge is -2.01. The van der Waals surface area contributed by atoms with Crippen LogP contribution in [0.5, 0.6) is 0 Å². The van der Waals surface area contributed by atoms with Crippen molar-refractivity contribution >= 4 is 33.8 Å². The molecule has 0 saturated carbocycles. The first kappa shape index (κ1) is 13.3. The zero-order valence-corrected chi connectivity index (χ0v) is 11.3. The van der Waals surface area contributed by atoms with Crippen LogP contribution < -0.4 is 16.0 Å². The van der Waals surface area contributed by atoms with E-state index in [1.54, 1.807) is 18.3 Å². The average molecular weight is 327 g/mol. The summed E-state index contributed by atoms with van der Waals surface area (Å²) in [5, 5.41) is 7.14. The predicted molar refractivity (Wildman–Crippen MR) is 70.2 cm³/mol.